The number of halogens is 1. The molecular weight excluding hydrogens is 251 g/mol. The predicted octanol–water partition coefficient (Wildman–Crippen LogP) is 2.59. The molecular formula is C13H11FN2OS. The smallest absolute Gasteiger partial charge is 0.138 e. The number of aromatic nitrogens is 2. The molecule has 2 aromatic heterocycles. The molecule has 0 unspecified atom stereocenters. The van der Waals surface area contributed by atoms with Gasteiger partial charge in [0.25, 0.3) is 0 Å². The molecule has 3 nitrogen and oxygen atoms in total. The quantitative estimate of drug-likeness (QED) is 0.800. The molecule has 5 heteroatoms. The zero-order chi connectivity index (χ0) is 15.3. The summed E-state index contributed by atoms with van der Waals surface area (Å²) in [7, 11) is 0. The summed E-state index contributed by atoms with van der Waals surface area (Å²) >= 11 is 1.05. The van der Waals surface area contributed by atoms with Crippen molar-refractivity contribution in [3.63, 3.8) is 0 Å². The Morgan fingerprint density at radius 3 is 3.22 bits per heavy atom. The monoisotopic (exact) mass is 265 g/mol. The number of alkyl halides is 1. The maximum absolute atomic E-state index is 12.0. The van der Waals surface area contributed by atoms with E-state index in [1.165, 1.54) is 12.4 Å². The third kappa shape index (κ3) is 3.54. The molecule has 0 aliphatic heterocycles. The van der Waals surface area contributed by atoms with E-state index in [1.807, 2.05) is 0 Å². The van der Waals surface area contributed by atoms with Crippen LogP contribution in [0.25, 0.3) is 0 Å². The number of hydrogen-bond donors (Lipinski definition) is 0. The van der Waals surface area contributed by atoms with Crippen molar-refractivity contribution in [1.82, 2.24) is 9.97 Å². The Labute approximate surface area is 113 Å². The van der Waals surface area contributed by atoms with Crippen molar-refractivity contribution in [3.05, 3.63) is 40.1 Å². The van der Waals surface area contributed by atoms with Crippen molar-refractivity contribution in [2.75, 3.05) is 13.3 Å². The fourth-order valence-electron chi connectivity index (χ4n) is 1.19. The van der Waals surface area contributed by atoms with Crippen molar-refractivity contribution >= 4 is 11.3 Å². The number of nitrogens with zero attached hydrogens (tertiary/aromatic N) is 2. The molecule has 2 heterocycles. The van der Waals surface area contributed by atoms with Gasteiger partial charge in [0.1, 0.15) is 24.7 Å². The first-order valence-electron chi connectivity index (χ1n) is 6.61. The standard InChI is InChI=1S/C13H11FN2OS/c1-10-16-12(9-18-10)3-2-11-6-13(8-15-7-11)17-5-4-14/h6-9H,4-5H2,1H3/i1D3. The Hall–Kier alpha value is -1.93. The summed E-state index contributed by atoms with van der Waals surface area (Å²) in [6.45, 7) is -2.83. The molecule has 92 valence electrons. The molecule has 0 aliphatic rings. The van der Waals surface area contributed by atoms with Crippen LogP contribution in [0.2, 0.25) is 0 Å². The summed E-state index contributed by atoms with van der Waals surface area (Å²) in [4.78, 5) is 7.89. The maximum atomic E-state index is 12.0. The van der Waals surface area contributed by atoms with E-state index in [0.29, 0.717) is 17.0 Å². The molecule has 0 N–H and O–H groups in total. The van der Waals surface area contributed by atoms with Gasteiger partial charge in [0.2, 0.25) is 0 Å². The zero-order valence-electron chi connectivity index (χ0n) is 12.3. The van der Waals surface area contributed by atoms with Crippen LogP contribution < -0.4 is 4.74 Å². The summed E-state index contributed by atoms with van der Waals surface area (Å²) in [5.41, 5.74) is 0.969. The van der Waals surface area contributed by atoms with Gasteiger partial charge in [-0.25, -0.2) is 9.37 Å². The van der Waals surface area contributed by atoms with Gasteiger partial charge in [-0.15, -0.1) is 11.3 Å². The Kier molecular flexibility index (Phi) is 3.08. The van der Waals surface area contributed by atoms with Gasteiger partial charge in [-0.1, -0.05) is 5.92 Å². The molecule has 0 bridgehead atoms. The molecule has 2 rings (SSSR count). The first kappa shape index (κ1) is 9.06. The molecule has 0 aromatic carbocycles. The Balaban J connectivity index is 2.13. The van der Waals surface area contributed by atoms with E-state index in [0.717, 1.165) is 11.3 Å². The normalized spacial score (nSPS) is 12.8. The topological polar surface area (TPSA) is 35.0 Å². The van der Waals surface area contributed by atoms with Gasteiger partial charge in [-0.05, 0) is 18.8 Å². The van der Waals surface area contributed by atoms with Crippen molar-refractivity contribution in [3.8, 4) is 17.6 Å². The molecule has 2 aromatic rings. The van der Waals surface area contributed by atoms with Crippen LogP contribution in [-0.4, -0.2) is 23.2 Å². The van der Waals surface area contributed by atoms with Crippen molar-refractivity contribution in [2.24, 2.45) is 0 Å². The average Bonchev–Trinajstić information content (AvgIpc) is 2.92. The van der Waals surface area contributed by atoms with E-state index in [1.54, 1.807) is 11.4 Å². The molecule has 18 heavy (non-hydrogen) atoms. The minimum atomic E-state index is -2.22. The summed E-state index contributed by atoms with van der Waals surface area (Å²) in [6, 6.07) is 1.63. The first-order chi connectivity index (χ1) is 9.99. The summed E-state index contributed by atoms with van der Waals surface area (Å²) in [5.74, 6) is 6.01. The maximum Gasteiger partial charge on any atom is 0.138 e. The largest absolute Gasteiger partial charge is 0.489 e. The lowest BCUT2D eigenvalue weighted by Crippen LogP contribution is -1.99. The predicted molar refractivity (Wildman–Crippen MR) is 68.5 cm³/mol. The molecule has 0 saturated carbocycles. The SMILES string of the molecule is [2H]C([2H])([2H])c1nc(C#Cc2cncc(OCCF)c2)cs1. The molecule has 0 amide bonds. The lowest BCUT2D eigenvalue weighted by molar-refractivity contribution is 0.272. The van der Waals surface area contributed by atoms with Crippen LogP contribution in [0.5, 0.6) is 5.75 Å². The van der Waals surface area contributed by atoms with Crippen LogP contribution in [0.3, 0.4) is 0 Å². The fraction of sp³-hybridized carbons (Fsp3) is 0.231. The Morgan fingerprint density at radius 1 is 1.50 bits per heavy atom. The number of hydrogen-bond acceptors (Lipinski definition) is 4. The second kappa shape index (κ2) is 6.12. The molecule has 0 saturated heterocycles. The number of ether oxygens (including phenoxy) is 1. The fourth-order valence-corrected chi connectivity index (χ4v) is 1.68. The number of pyridine rings is 1. The lowest BCUT2D eigenvalue weighted by Gasteiger charge is -2.02. The second-order valence-corrected chi connectivity index (χ2v) is 4.09. The molecule has 0 radical (unpaired) electrons. The third-order valence-electron chi connectivity index (χ3n) is 1.90. The van der Waals surface area contributed by atoms with Gasteiger partial charge in [0.05, 0.1) is 11.2 Å². The second-order valence-electron chi connectivity index (χ2n) is 3.23. The van der Waals surface area contributed by atoms with E-state index < -0.39 is 13.5 Å². The van der Waals surface area contributed by atoms with Gasteiger partial charge < -0.3 is 4.74 Å². The summed E-state index contributed by atoms with van der Waals surface area (Å²) in [6.07, 6.45) is 3.00. The van der Waals surface area contributed by atoms with Crippen LogP contribution in [0.4, 0.5) is 4.39 Å². The number of aryl methyl sites for hydroxylation is 1. The highest BCUT2D eigenvalue weighted by Crippen LogP contribution is 2.11. The van der Waals surface area contributed by atoms with Crippen LogP contribution in [0, 0.1) is 18.7 Å². The molecule has 0 atom stereocenters. The highest BCUT2D eigenvalue weighted by molar-refractivity contribution is 7.09. The summed E-state index contributed by atoms with van der Waals surface area (Å²) < 4.78 is 38.9. The molecule has 0 fully saturated rings. The highest BCUT2D eigenvalue weighted by Gasteiger charge is 1.96. The van der Waals surface area contributed by atoms with E-state index in [9.17, 15) is 4.39 Å². The van der Waals surface area contributed by atoms with E-state index >= 15 is 0 Å². The minimum absolute atomic E-state index is 0.0351. The van der Waals surface area contributed by atoms with Gasteiger partial charge >= 0.3 is 0 Å². The summed E-state index contributed by atoms with van der Waals surface area (Å²) in [5, 5.41) is 1.65. The highest BCUT2D eigenvalue weighted by atomic mass is 32.1. The van der Waals surface area contributed by atoms with Crippen LogP contribution in [-0.2, 0) is 0 Å². The van der Waals surface area contributed by atoms with Gasteiger partial charge in [0.15, 0.2) is 0 Å². The lowest BCUT2D eigenvalue weighted by atomic mass is 10.3. The van der Waals surface area contributed by atoms with E-state index in [-0.39, 0.29) is 11.6 Å². The molecule has 0 aliphatic carbocycles. The van der Waals surface area contributed by atoms with Crippen molar-refractivity contribution < 1.29 is 13.2 Å². The zero-order valence-corrected chi connectivity index (χ0v) is 10.1. The minimum Gasteiger partial charge on any atom is -0.489 e. The van der Waals surface area contributed by atoms with Crippen molar-refractivity contribution in [1.29, 1.82) is 0 Å². The average molecular weight is 265 g/mol. The van der Waals surface area contributed by atoms with Gasteiger partial charge in [-0.2, -0.15) is 0 Å². The molecule has 0 spiro atoms. The third-order valence-corrected chi connectivity index (χ3v) is 2.55. The van der Waals surface area contributed by atoms with E-state index in [2.05, 4.69) is 21.8 Å². The van der Waals surface area contributed by atoms with Crippen molar-refractivity contribution in [2.45, 2.75) is 6.85 Å². The number of thiazole rings is 1. The van der Waals surface area contributed by atoms with E-state index in [4.69, 9.17) is 8.85 Å². The van der Waals surface area contributed by atoms with Crippen LogP contribution in [0.1, 0.15) is 20.4 Å². The Morgan fingerprint density at radius 2 is 2.44 bits per heavy atom. The first-order valence-corrected chi connectivity index (χ1v) is 5.99. The van der Waals surface area contributed by atoms with Crippen LogP contribution in [0.15, 0.2) is 23.8 Å². The van der Waals surface area contributed by atoms with Crippen LogP contribution >= 0.6 is 11.3 Å². The van der Waals surface area contributed by atoms with Gasteiger partial charge in [-0.3, -0.25) is 4.98 Å². The number of rotatable bonds is 3. The van der Waals surface area contributed by atoms with Gasteiger partial charge in [0, 0.05) is 21.3 Å². The Bertz CT molecular complexity index is 676.